The summed E-state index contributed by atoms with van der Waals surface area (Å²) in [6, 6.07) is 19.0. The van der Waals surface area contributed by atoms with Gasteiger partial charge in [0.2, 0.25) is 0 Å². The smallest absolute Gasteiger partial charge is 0.118 e. The summed E-state index contributed by atoms with van der Waals surface area (Å²) in [6.45, 7) is 2.24. The van der Waals surface area contributed by atoms with Crippen LogP contribution in [0.2, 0.25) is 0 Å². The van der Waals surface area contributed by atoms with E-state index >= 15 is 0 Å². The molecule has 0 aliphatic rings. The molecule has 2 aromatic rings. The third-order valence-corrected chi connectivity index (χ3v) is 4.78. The van der Waals surface area contributed by atoms with Gasteiger partial charge in [0.25, 0.3) is 0 Å². The Morgan fingerprint density at radius 2 is 1.62 bits per heavy atom. The van der Waals surface area contributed by atoms with E-state index in [1.165, 1.54) is 33.1 Å². The average Bonchev–Trinajstić information content (AvgIpc) is 2.56. The zero-order valence-electron chi connectivity index (χ0n) is 12.6. The van der Waals surface area contributed by atoms with Crippen LogP contribution in [-0.2, 0) is 0 Å². The van der Waals surface area contributed by atoms with Crippen LogP contribution in [-0.4, -0.2) is 7.11 Å². The number of unbranched alkanes of at least 4 members (excludes halogenated alkanes) is 1. The highest BCUT2D eigenvalue weighted by molar-refractivity contribution is 14.1. The fourth-order valence-corrected chi connectivity index (χ4v) is 3.23. The van der Waals surface area contributed by atoms with Crippen LogP contribution in [0.1, 0.15) is 37.3 Å². The topological polar surface area (TPSA) is 9.23 Å². The second kappa shape index (κ2) is 8.23. The second-order valence-corrected chi connectivity index (χ2v) is 6.07. The Bertz CT molecular complexity index is 585. The third-order valence-electron chi connectivity index (χ3n) is 3.51. The van der Waals surface area contributed by atoms with Crippen LogP contribution >= 0.6 is 22.6 Å². The molecular weight excluding hydrogens is 371 g/mol. The number of ether oxygens (including phenoxy) is 1. The molecule has 0 aliphatic carbocycles. The molecule has 0 spiro atoms. The molecule has 2 heteroatoms. The number of benzene rings is 2. The van der Waals surface area contributed by atoms with Gasteiger partial charge < -0.3 is 4.74 Å². The van der Waals surface area contributed by atoms with Crippen LogP contribution in [0, 0.1) is 0 Å². The van der Waals surface area contributed by atoms with Gasteiger partial charge in [-0.05, 0) is 64.3 Å². The zero-order chi connectivity index (χ0) is 15.1. The molecule has 0 saturated carbocycles. The van der Waals surface area contributed by atoms with Crippen molar-refractivity contribution in [2.24, 2.45) is 0 Å². The predicted octanol–water partition coefficient (Wildman–Crippen LogP) is 6.19. The number of allylic oxidation sites excluding steroid dienone is 1. The van der Waals surface area contributed by atoms with Crippen LogP contribution in [0.15, 0.2) is 54.6 Å². The minimum absolute atomic E-state index is 0.906. The lowest BCUT2D eigenvalue weighted by atomic mass is 9.97. The molecule has 0 bridgehead atoms. The molecule has 0 fully saturated rings. The molecule has 0 amide bonds. The van der Waals surface area contributed by atoms with Crippen molar-refractivity contribution in [1.82, 2.24) is 0 Å². The second-order valence-electron chi connectivity index (χ2n) is 4.99. The van der Waals surface area contributed by atoms with E-state index in [0.29, 0.717) is 0 Å². The first kappa shape index (κ1) is 16.1. The molecule has 0 unspecified atom stereocenters. The average molecular weight is 392 g/mol. The standard InChI is InChI=1S/C19H21IO/c1-3-4-10-18(15-11-13-17(21-2)14-12-15)19(20)16-8-6-5-7-9-16/h5-9,11-14H,3-4,10H2,1-2H3/b19-18+. The van der Waals surface area contributed by atoms with E-state index in [1.54, 1.807) is 7.11 Å². The molecule has 0 aliphatic heterocycles. The summed E-state index contributed by atoms with van der Waals surface area (Å²) in [5.41, 5.74) is 4.00. The Morgan fingerprint density at radius 3 is 2.19 bits per heavy atom. The summed E-state index contributed by atoms with van der Waals surface area (Å²) in [5, 5.41) is 0. The minimum atomic E-state index is 0.906. The van der Waals surface area contributed by atoms with Gasteiger partial charge in [-0.1, -0.05) is 55.8 Å². The van der Waals surface area contributed by atoms with E-state index in [0.717, 1.165) is 12.2 Å². The van der Waals surface area contributed by atoms with Crippen molar-refractivity contribution < 1.29 is 4.74 Å². The Kier molecular flexibility index (Phi) is 6.30. The van der Waals surface area contributed by atoms with Gasteiger partial charge >= 0.3 is 0 Å². The molecule has 0 saturated heterocycles. The molecule has 0 radical (unpaired) electrons. The van der Waals surface area contributed by atoms with Crippen molar-refractivity contribution in [2.45, 2.75) is 26.2 Å². The van der Waals surface area contributed by atoms with Crippen molar-refractivity contribution in [3.05, 3.63) is 65.7 Å². The molecule has 2 rings (SSSR count). The van der Waals surface area contributed by atoms with E-state index in [4.69, 9.17) is 4.74 Å². The molecule has 0 aromatic heterocycles. The predicted molar refractivity (Wildman–Crippen MR) is 99.8 cm³/mol. The largest absolute Gasteiger partial charge is 0.497 e. The lowest BCUT2D eigenvalue weighted by molar-refractivity contribution is 0.415. The first-order valence-electron chi connectivity index (χ1n) is 7.34. The Hall–Kier alpha value is -1.29. The molecule has 110 valence electrons. The molecule has 0 atom stereocenters. The number of halogens is 1. The maximum Gasteiger partial charge on any atom is 0.118 e. The van der Waals surface area contributed by atoms with Gasteiger partial charge in [0.05, 0.1) is 7.11 Å². The summed E-state index contributed by atoms with van der Waals surface area (Å²) in [5.74, 6) is 0.906. The lowest BCUT2D eigenvalue weighted by Crippen LogP contribution is -1.90. The quantitative estimate of drug-likeness (QED) is 0.421. The van der Waals surface area contributed by atoms with E-state index in [2.05, 4.69) is 72.0 Å². The molecular formula is C19H21IO. The Labute approximate surface area is 141 Å². The lowest BCUT2D eigenvalue weighted by Gasteiger charge is -2.12. The van der Waals surface area contributed by atoms with Crippen molar-refractivity contribution in [3.63, 3.8) is 0 Å². The van der Waals surface area contributed by atoms with Gasteiger partial charge in [-0.25, -0.2) is 0 Å². The normalized spacial score (nSPS) is 12.0. The highest BCUT2D eigenvalue weighted by Gasteiger charge is 2.09. The zero-order valence-corrected chi connectivity index (χ0v) is 14.8. The SMILES string of the molecule is CCCC/C(=C(\I)c1ccccc1)c1ccc(OC)cc1. The fourth-order valence-electron chi connectivity index (χ4n) is 2.29. The molecule has 2 aromatic carbocycles. The molecule has 21 heavy (non-hydrogen) atoms. The highest BCUT2D eigenvalue weighted by Crippen LogP contribution is 2.35. The van der Waals surface area contributed by atoms with Crippen LogP contribution in [0.3, 0.4) is 0 Å². The van der Waals surface area contributed by atoms with Crippen molar-refractivity contribution in [2.75, 3.05) is 7.11 Å². The summed E-state index contributed by atoms with van der Waals surface area (Å²) >= 11 is 2.48. The Morgan fingerprint density at radius 1 is 0.952 bits per heavy atom. The van der Waals surface area contributed by atoms with E-state index in [9.17, 15) is 0 Å². The van der Waals surface area contributed by atoms with Crippen LogP contribution in [0.4, 0.5) is 0 Å². The summed E-state index contributed by atoms with van der Waals surface area (Å²) in [6.07, 6.45) is 3.52. The van der Waals surface area contributed by atoms with E-state index in [-0.39, 0.29) is 0 Å². The van der Waals surface area contributed by atoms with Gasteiger partial charge in [-0.15, -0.1) is 0 Å². The van der Waals surface area contributed by atoms with Gasteiger partial charge in [-0.2, -0.15) is 0 Å². The minimum Gasteiger partial charge on any atom is -0.497 e. The third kappa shape index (κ3) is 4.34. The molecule has 0 heterocycles. The van der Waals surface area contributed by atoms with Gasteiger partial charge in [-0.3, -0.25) is 0 Å². The van der Waals surface area contributed by atoms with Crippen molar-refractivity contribution in [3.8, 4) is 5.75 Å². The summed E-state index contributed by atoms with van der Waals surface area (Å²) in [4.78, 5) is 0. The maximum atomic E-state index is 5.26. The summed E-state index contributed by atoms with van der Waals surface area (Å²) in [7, 11) is 1.70. The number of hydrogen-bond donors (Lipinski definition) is 0. The monoisotopic (exact) mass is 392 g/mol. The number of rotatable bonds is 6. The van der Waals surface area contributed by atoms with Crippen LogP contribution in [0.25, 0.3) is 9.15 Å². The number of hydrogen-bond acceptors (Lipinski definition) is 1. The van der Waals surface area contributed by atoms with Crippen LogP contribution in [0.5, 0.6) is 5.75 Å². The van der Waals surface area contributed by atoms with Crippen molar-refractivity contribution >= 4 is 31.7 Å². The molecule has 1 nitrogen and oxygen atoms in total. The van der Waals surface area contributed by atoms with Gasteiger partial charge in [0, 0.05) is 3.58 Å². The Balaban J connectivity index is 2.41. The fraction of sp³-hybridized carbons (Fsp3) is 0.263. The summed E-state index contributed by atoms with van der Waals surface area (Å²) < 4.78 is 6.60. The van der Waals surface area contributed by atoms with E-state index < -0.39 is 0 Å². The van der Waals surface area contributed by atoms with Crippen LogP contribution < -0.4 is 4.74 Å². The van der Waals surface area contributed by atoms with E-state index in [1.807, 2.05) is 12.1 Å². The highest BCUT2D eigenvalue weighted by atomic mass is 127. The van der Waals surface area contributed by atoms with Gasteiger partial charge in [0.15, 0.2) is 0 Å². The van der Waals surface area contributed by atoms with Crippen molar-refractivity contribution in [1.29, 1.82) is 0 Å². The number of methoxy groups -OCH3 is 1. The maximum absolute atomic E-state index is 5.26. The molecule has 0 N–H and O–H groups in total. The first-order chi connectivity index (χ1) is 10.3. The van der Waals surface area contributed by atoms with Gasteiger partial charge in [0.1, 0.15) is 5.75 Å². The first-order valence-corrected chi connectivity index (χ1v) is 8.42.